The minimum Gasteiger partial charge on any atom is -0.477 e. The third-order valence-electron chi connectivity index (χ3n) is 4.06. The summed E-state index contributed by atoms with van der Waals surface area (Å²) in [5.41, 5.74) is 2.22. The Balaban J connectivity index is 1.71. The second-order valence-corrected chi connectivity index (χ2v) is 7.54. The minimum absolute atomic E-state index is 0.425. The standard InChI is InChI=1S/C19H14Cl2N2O3S/c20-16(17(21)19(25)26)18(24)22-13-6-1-3-11(9-13)7-8-15-23-14(10-27-15)12-4-2-5-12/h1,3,6,9-10,12H,2,4-5H2,(H,22,24)(H,25,26)/b17-16-. The summed E-state index contributed by atoms with van der Waals surface area (Å²) in [6, 6.07) is 6.81. The number of hydrogen-bond acceptors (Lipinski definition) is 4. The fourth-order valence-corrected chi connectivity index (χ4v) is 3.37. The highest BCUT2D eigenvalue weighted by molar-refractivity contribution is 7.10. The van der Waals surface area contributed by atoms with E-state index in [1.807, 2.05) is 0 Å². The first-order chi connectivity index (χ1) is 12.9. The zero-order chi connectivity index (χ0) is 19.4. The van der Waals surface area contributed by atoms with E-state index >= 15 is 0 Å². The maximum atomic E-state index is 12.0. The number of nitrogens with zero attached hydrogens (tertiary/aromatic N) is 1. The molecule has 5 nitrogen and oxygen atoms in total. The molecule has 1 amide bonds. The van der Waals surface area contributed by atoms with Crippen molar-refractivity contribution in [1.29, 1.82) is 0 Å². The first-order valence-corrected chi connectivity index (χ1v) is 9.75. The number of carboxylic acid groups (broad SMARTS) is 1. The number of aliphatic carboxylic acids is 1. The van der Waals surface area contributed by atoms with E-state index in [2.05, 4.69) is 27.5 Å². The molecule has 1 aliphatic rings. The predicted octanol–water partition coefficient (Wildman–Crippen LogP) is 4.52. The molecule has 1 aromatic carbocycles. The van der Waals surface area contributed by atoms with E-state index in [4.69, 9.17) is 28.3 Å². The second-order valence-electron chi connectivity index (χ2n) is 5.92. The van der Waals surface area contributed by atoms with Crippen molar-refractivity contribution in [3.05, 3.63) is 56.0 Å². The first kappa shape index (κ1) is 19.4. The number of rotatable bonds is 4. The molecule has 0 aliphatic heterocycles. The lowest BCUT2D eigenvalue weighted by Crippen LogP contribution is -2.14. The number of carboxylic acids is 1. The largest absolute Gasteiger partial charge is 0.477 e. The van der Waals surface area contributed by atoms with Gasteiger partial charge in [-0.25, -0.2) is 9.78 Å². The van der Waals surface area contributed by atoms with Gasteiger partial charge in [0.1, 0.15) is 10.1 Å². The molecule has 1 aliphatic carbocycles. The van der Waals surface area contributed by atoms with Gasteiger partial charge in [-0.05, 0) is 37.0 Å². The van der Waals surface area contributed by atoms with Crippen LogP contribution >= 0.6 is 34.5 Å². The number of benzene rings is 1. The zero-order valence-corrected chi connectivity index (χ0v) is 16.3. The summed E-state index contributed by atoms with van der Waals surface area (Å²) in [6.07, 6.45) is 3.65. The fourth-order valence-electron chi connectivity index (χ4n) is 2.41. The molecule has 1 saturated carbocycles. The van der Waals surface area contributed by atoms with Gasteiger partial charge in [-0.15, -0.1) is 11.3 Å². The maximum Gasteiger partial charge on any atom is 0.349 e. The van der Waals surface area contributed by atoms with Crippen molar-refractivity contribution < 1.29 is 14.7 Å². The summed E-state index contributed by atoms with van der Waals surface area (Å²) in [4.78, 5) is 27.3. The van der Waals surface area contributed by atoms with Crippen molar-refractivity contribution in [3.8, 4) is 11.8 Å². The Kier molecular flexibility index (Phi) is 6.17. The van der Waals surface area contributed by atoms with Crippen LogP contribution in [0.1, 0.15) is 41.4 Å². The third kappa shape index (κ3) is 4.89. The summed E-state index contributed by atoms with van der Waals surface area (Å²) in [5.74, 6) is 4.34. The summed E-state index contributed by atoms with van der Waals surface area (Å²) in [5, 5.41) is 12.7. The highest BCUT2D eigenvalue weighted by Crippen LogP contribution is 2.36. The molecule has 0 radical (unpaired) electrons. The molecule has 3 rings (SSSR count). The molecular formula is C19H14Cl2N2O3S. The van der Waals surface area contributed by atoms with E-state index in [1.165, 1.54) is 30.6 Å². The van der Waals surface area contributed by atoms with Gasteiger partial charge in [0, 0.05) is 22.5 Å². The Hall–Kier alpha value is -2.33. The van der Waals surface area contributed by atoms with Crippen molar-refractivity contribution in [1.82, 2.24) is 4.98 Å². The molecule has 1 aromatic heterocycles. The van der Waals surface area contributed by atoms with Gasteiger partial charge in [0.25, 0.3) is 5.91 Å². The number of aromatic nitrogens is 1. The van der Waals surface area contributed by atoms with Crippen LogP contribution in [0.25, 0.3) is 0 Å². The Morgan fingerprint density at radius 3 is 2.67 bits per heavy atom. The van der Waals surface area contributed by atoms with Crippen LogP contribution in [-0.4, -0.2) is 22.0 Å². The third-order valence-corrected chi connectivity index (χ3v) is 5.64. The molecule has 0 saturated heterocycles. The lowest BCUT2D eigenvalue weighted by Gasteiger charge is -2.22. The topological polar surface area (TPSA) is 79.3 Å². The van der Waals surface area contributed by atoms with Crippen molar-refractivity contribution >= 4 is 52.1 Å². The average molecular weight is 421 g/mol. The normalized spacial score (nSPS) is 14.4. The summed E-state index contributed by atoms with van der Waals surface area (Å²) in [6.45, 7) is 0. The van der Waals surface area contributed by atoms with Gasteiger partial charge < -0.3 is 10.4 Å². The summed E-state index contributed by atoms with van der Waals surface area (Å²) >= 11 is 12.7. The van der Waals surface area contributed by atoms with Crippen LogP contribution in [0.5, 0.6) is 0 Å². The van der Waals surface area contributed by atoms with E-state index in [9.17, 15) is 9.59 Å². The number of hydrogen-bond donors (Lipinski definition) is 2. The first-order valence-electron chi connectivity index (χ1n) is 8.11. The van der Waals surface area contributed by atoms with Crippen LogP contribution < -0.4 is 5.32 Å². The second kappa shape index (κ2) is 8.57. The molecule has 138 valence electrons. The van der Waals surface area contributed by atoms with Gasteiger partial charge in [-0.3, -0.25) is 4.79 Å². The molecule has 1 fully saturated rings. The van der Waals surface area contributed by atoms with Crippen molar-refractivity contribution in [2.45, 2.75) is 25.2 Å². The SMILES string of the molecule is O=C(O)/C(Cl)=C(/Cl)C(=O)Nc1cccc(C#Cc2nc(C3CCC3)cs2)c1. The number of thiazole rings is 1. The molecule has 2 N–H and O–H groups in total. The smallest absolute Gasteiger partial charge is 0.349 e. The van der Waals surface area contributed by atoms with Crippen molar-refractivity contribution in [2.75, 3.05) is 5.32 Å². The predicted molar refractivity (Wildman–Crippen MR) is 106 cm³/mol. The Morgan fingerprint density at radius 1 is 1.22 bits per heavy atom. The number of halogens is 2. The molecule has 8 heteroatoms. The quantitative estimate of drug-likeness (QED) is 0.562. The average Bonchev–Trinajstić information content (AvgIpc) is 3.05. The molecule has 0 atom stereocenters. The molecule has 0 spiro atoms. The molecular weight excluding hydrogens is 407 g/mol. The summed E-state index contributed by atoms with van der Waals surface area (Å²) in [7, 11) is 0. The van der Waals surface area contributed by atoms with E-state index < -0.39 is 21.9 Å². The Morgan fingerprint density at radius 2 is 2.00 bits per heavy atom. The minimum atomic E-state index is -1.47. The maximum absolute atomic E-state index is 12.0. The van der Waals surface area contributed by atoms with Gasteiger partial charge >= 0.3 is 5.97 Å². The lowest BCUT2D eigenvalue weighted by molar-refractivity contribution is -0.132. The molecule has 0 unspecified atom stereocenters. The number of anilines is 1. The van der Waals surface area contributed by atoms with Gasteiger partial charge in [0.15, 0.2) is 5.01 Å². The van der Waals surface area contributed by atoms with Crippen LogP contribution in [0.3, 0.4) is 0 Å². The van der Waals surface area contributed by atoms with Crippen molar-refractivity contribution in [2.24, 2.45) is 0 Å². The molecule has 2 aromatic rings. The van der Waals surface area contributed by atoms with Gasteiger partial charge in [0.2, 0.25) is 0 Å². The van der Waals surface area contributed by atoms with E-state index in [1.54, 1.807) is 24.3 Å². The van der Waals surface area contributed by atoms with E-state index in [0.717, 1.165) is 10.7 Å². The number of carbonyl (C=O) groups is 2. The number of amides is 1. The number of carbonyl (C=O) groups excluding carboxylic acids is 1. The number of nitrogens with one attached hydrogen (secondary N) is 1. The van der Waals surface area contributed by atoms with Crippen molar-refractivity contribution in [3.63, 3.8) is 0 Å². The van der Waals surface area contributed by atoms with Gasteiger partial charge in [-0.1, -0.05) is 41.6 Å². The van der Waals surface area contributed by atoms with Gasteiger partial charge in [0.05, 0.1) is 5.69 Å². The van der Waals surface area contributed by atoms with Crippen LogP contribution in [0.4, 0.5) is 5.69 Å². The Labute approximate surface area is 170 Å². The van der Waals surface area contributed by atoms with Gasteiger partial charge in [-0.2, -0.15) is 0 Å². The van der Waals surface area contributed by atoms with E-state index in [0.29, 0.717) is 17.2 Å². The Bertz CT molecular complexity index is 984. The molecule has 1 heterocycles. The fraction of sp³-hybridized carbons (Fsp3) is 0.211. The van der Waals surface area contributed by atoms with E-state index in [-0.39, 0.29) is 0 Å². The zero-order valence-electron chi connectivity index (χ0n) is 14.0. The molecule has 27 heavy (non-hydrogen) atoms. The summed E-state index contributed by atoms with van der Waals surface area (Å²) < 4.78 is 0. The highest BCUT2D eigenvalue weighted by atomic mass is 35.5. The lowest BCUT2D eigenvalue weighted by atomic mass is 9.83. The molecule has 0 bridgehead atoms. The van der Waals surface area contributed by atoms with Crippen LogP contribution in [0.15, 0.2) is 39.7 Å². The highest BCUT2D eigenvalue weighted by Gasteiger charge is 2.21. The van der Waals surface area contributed by atoms with Crippen LogP contribution in [0.2, 0.25) is 0 Å². The van der Waals surface area contributed by atoms with Crippen LogP contribution in [0, 0.1) is 11.8 Å². The monoisotopic (exact) mass is 420 g/mol. The van der Waals surface area contributed by atoms with Crippen LogP contribution in [-0.2, 0) is 9.59 Å².